The van der Waals surface area contributed by atoms with Gasteiger partial charge in [0.05, 0.1) is 0 Å². The third-order valence-electron chi connectivity index (χ3n) is 3.76. The lowest BCUT2D eigenvalue weighted by Crippen LogP contribution is -2.11. The van der Waals surface area contributed by atoms with Crippen LogP contribution in [0.15, 0.2) is 18.2 Å². The SMILES string of the molecule is Cc1ccc(F)cc1CCC(=O)C1CCCC1. The summed E-state index contributed by atoms with van der Waals surface area (Å²) in [6, 6.07) is 4.81. The first kappa shape index (κ1) is 12.3. The van der Waals surface area contributed by atoms with Crippen molar-refractivity contribution in [1.82, 2.24) is 0 Å². The van der Waals surface area contributed by atoms with Crippen LogP contribution in [0.2, 0.25) is 0 Å². The summed E-state index contributed by atoms with van der Waals surface area (Å²) >= 11 is 0. The van der Waals surface area contributed by atoms with Crippen LogP contribution in [-0.2, 0) is 11.2 Å². The maximum Gasteiger partial charge on any atom is 0.136 e. The molecular weight excluding hydrogens is 215 g/mol. The van der Waals surface area contributed by atoms with E-state index < -0.39 is 0 Å². The summed E-state index contributed by atoms with van der Waals surface area (Å²) < 4.78 is 13.1. The Hall–Kier alpha value is -1.18. The van der Waals surface area contributed by atoms with Crippen LogP contribution in [0, 0.1) is 18.7 Å². The van der Waals surface area contributed by atoms with E-state index in [0.717, 1.165) is 24.0 Å². The maximum atomic E-state index is 13.1. The van der Waals surface area contributed by atoms with E-state index in [1.54, 1.807) is 12.1 Å². The Bertz CT molecular complexity index is 405. The lowest BCUT2D eigenvalue weighted by molar-refractivity contribution is -0.122. The van der Waals surface area contributed by atoms with E-state index in [9.17, 15) is 9.18 Å². The summed E-state index contributed by atoms with van der Waals surface area (Å²) in [6.07, 6.45) is 5.74. The summed E-state index contributed by atoms with van der Waals surface area (Å²) in [6.45, 7) is 1.97. The molecule has 1 fully saturated rings. The van der Waals surface area contributed by atoms with Crippen LogP contribution in [0.4, 0.5) is 4.39 Å². The minimum atomic E-state index is -0.209. The van der Waals surface area contributed by atoms with Gasteiger partial charge in [0.15, 0.2) is 0 Å². The molecule has 0 N–H and O–H groups in total. The van der Waals surface area contributed by atoms with Crippen LogP contribution < -0.4 is 0 Å². The van der Waals surface area contributed by atoms with E-state index in [0.29, 0.717) is 18.6 Å². The summed E-state index contributed by atoms with van der Waals surface area (Å²) in [7, 11) is 0. The fourth-order valence-electron chi connectivity index (χ4n) is 2.62. The van der Waals surface area contributed by atoms with Crippen molar-refractivity contribution >= 4 is 5.78 Å². The highest BCUT2D eigenvalue weighted by Gasteiger charge is 2.22. The largest absolute Gasteiger partial charge is 0.299 e. The molecule has 92 valence electrons. The summed E-state index contributed by atoms with van der Waals surface area (Å²) in [4.78, 5) is 11.9. The molecule has 0 spiro atoms. The van der Waals surface area contributed by atoms with Crippen molar-refractivity contribution in [3.05, 3.63) is 35.1 Å². The molecular formula is C15H19FO. The highest BCUT2D eigenvalue weighted by Crippen LogP contribution is 2.27. The Morgan fingerprint density at radius 1 is 1.35 bits per heavy atom. The normalized spacial score (nSPS) is 16.4. The van der Waals surface area contributed by atoms with E-state index in [1.165, 1.54) is 18.9 Å². The maximum absolute atomic E-state index is 13.1. The van der Waals surface area contributed by atoms with Gasteiger partial charge < -0.3 is 0 Å². The smallest absolute Gasteiger partial charge is 0.136 e. The van der Waals surface area contributed by atoms with Crippen LogP contribution in [0.5, 0.6) is 0 Å². The molecule has 0 radical (unpaired) electrons. The zero-order valence-electron chi connectivity index (χ0n) is 10.3. The number of carbonyl (C=O) groups excluding carboxylic acids is 1. The minimum absolute atomic E-state index is 0.209. The topological polar surface area (TPSA) is 17.1 Å². The quantitative estimate of drug-likeness (QED) is 0.774. The predicted octanol–water partition coefficient (Wildman–Crippen LogP) is 3.83. The number of rotatable bonds is 4. The number of aryl methyl sites for hydroxylation is 2. The molecule has 1 aliphatic rings. The van der Waals surface area contributed by atoms with Gasteiger partial charge in [-0.1, -0.05) is 18.9 Å². The molecule has 0 heterocycles. The molecule has 2 rings (SSSR count). The van der Waals surface area contributed by atoms with Gasteiger partial charge in [-0.2, -0.15) is 0 Å². The number of ketones is 1. The molecule has 0 aliphatic heterocycles. The Balaban J connectivity index is 1.92. The van der Waals surface area contributed by atoms with E-state index >= 15 is 0 Å². The fourth-order valence-corrected chi connectivity index (χ4v) is 2.62. The molecule has 2 heteroatoms. The monoisotopic (exact) mass is 234 g/mol. The van der Waals surface area contributed by atoms with Crippen molar-refractivity contribution in [2.45, 2.75) is 45.4 Å². The molecule has 1 aromatic rings. The van der Waals surface area contributed by atoms with Gasteiger partial charge in [0, 0.05) is 12.3 Å². The zero-order valence-corrected chi connectivity index (χ0v) is 10.3. The first-order valence-corrected chi connectivity index (χ1v) is 6.44. The summed E-state index contributed by atoms with van der Waals surface area (Å²) in [5.41, 5.74) is 2.04. The second-order valence-corrected chi connectivity index (χ2v) is 5.02. The highest BCUT2D eigenvalue weighted by molar-refractivity contribution is 5.81. The number of hydrogen-bond acceptors (Lipinski definition) is 1. The third-order valence-corrected chi connectivity index (χ3v) is 3.76. The second-order valence-electron chi connectivity index (χ2n) is 5.02. The molecule has 17 heavy (non-hydrogen) atoms. The summed E-state index contributed by atoms with van der Waals surface area (Å²) in [5, 5.41) is 0. The molecule has 1 nitrogen and oxygen atoms in total. The van der Waals surface area contributed by atoms with Gasteiger partial charge in [-0.05, 0) is 49.4 Å². The second kappa shape index (κ2) is 5.44. The molecule has 0 amide bonds. The number of Topliss-reactive ketones (excluding diaryl/α,β-unsaturated/α-hetero) is 1. The molecule has 0 unspecified atom stereocenters. The fraction of sp³-hybridized carbons (Fsp3) is 0.533. The number of hydrogen-bond donors (Lipinski definition) is 0. The Morgan fingerprint density at radius 3 is 2.76 bits per heavy atom. The van der Waals surface area contributed by atoms with Crippen LogP contribution in [0.3, 0.4) is 0 Å². The first-order valence-electron chi connectivity index (χ1n) is 6.44. The Labute approximate surface area is 102 Å². The zero-order chi connectivity index (χ0) is 12.3. The van der Waals surface area contributed by atoms with Crippen LogP contribution in [0.25, 0.3) is 0 Å². The van der Waals surface area contributed by atoms with Gasteiger partial charge in [0.2, 0.25) is 0 Å². The molecule has 0 aromatic heterocycles. The van der Waals surface area contributed by atoms with Crippen molar-refractivity contribution in [2.24, 2.45) is 5.92 Å². The van der Waals surface area contributed by atoms with E-state index in [4.69, 9.17) is 0 Å². The lowest BCUT2D eigenvalue weighted by atomic mass is 9.95. The van der Waals surface area contributed by atoms with Crippen LogP contribution in [0.1, 0.15) is 43.2 Å². The van der Waals surface area contributed by atoms with Crippen molar-refractivity contribution < 1.29 is 9.18 Å². The van der Waals surface area contributed by atoms with Gasteiger partial charge in [-0.3, -0.25) is 4.79 Å². The van der Waals surface area contributed by atoms with Gasteiger partial charge >= 0.3 is 0 Å². The van der Waals surface area contributed by atoms with E-state index in [1.807, 2.05) is 6.92 Å². The molecule has 1 aromatic carbocycles. The van der Waals surface area contributed by atoms with E-state index in [-0.39, 0.29) is 11.7 Å². The van der Waals surface area contributed by atoms with Crippen molar-refractivity contribution in [1.29, 1.82) is 0 Å². The Morgan fingerprint density at radius 2 is 2.06 bits per heavy atom. The van der Waals surface area contributed by atoms with Gasteiger partial charge in [0.1, 0.15) is 11.6 Å². The lowest BCUT2D eigenvalue weighted by Gasteiger charge is -2.09. The van der Waals surface area contributed by atoms with Gasteiger partial charge in [-0.25, -0.2) is 4.39 Å². The standard InChI is InChI=1S/C15H19FO/c1-11-6-8-14(16)10-13(11)7-9-15(17)12-4-2-3-5-12/h6,8,10,12H,2-5,7,9H2,1H3. The van der Waals surface area contributed by atoms with Gasteiger partial charge in [-0.15, -0.1) is 0 Å². The number of benzene rings is 1. The minimum Gasteiger partial charge on any atom is -0.299 e. The first-order chi connectivity index (χ1) is 8.16. The average Bonchev–Trinajstić information content (AvgIpc) is 2.83. The van der Waals surface area contributed by atoms with Crippen molar-refractivity contribution in [3.63, 3.8) is 0 Å². The van der Waals surface area contributed by atoms with Gasteiger partial charge in [0.25, 0.3) is 0 Å². The van der Waals surface area contributed by atoms with Crippen LogP contribution >= 0.6 is 0 Å². The number of carbonyl (C=O) groups is 1. The third kappa shape index (κ3) is 3.15. The molecule has 0 atom stereocenters. The molecule has 0 saturated heterocycles. The Kier molecular flexibility index (Phi) is 3.93. The van der Waals surface area contributed by atoms with Crippen molar-refractivity contribution in [3.8, 4) is 0 Å². The van der Waals surface area contributed by atoms with E-state index in [2.05, 4.69) is 0 Å². The van der Waals surface area contributed by atoms with Crippen molar-refractivity contribution in [2.75, 3.05) is 0 Å². The number of halogens is 1. The molecule has 1 aliphatic carbocycles. The molecule has 1 saturated carbocycles. The summed E-state index contributed by atoms with van der Waals surface area (Å²) in [5.74, 6) is 0.439. The molecule has 0 bridgehead atoms. The predicted molar refractivity (Wildman–Crippen MR) is 66.4 cm³/mol. The highest BCUT2D eigenvalue weighted by atomic mass is 19.1. The average molecular weight is 234 g/mol. The van der Waals surface area contributed by atoms with Crippen LogP contribution in [-0.4, -0.2) is 5.78 Å².